The van der Waals surface area contributed by atoms with Crippen molar-refractivity contribution in [3.63, 3.8) is 0 Å². The van der Waals surface area contributed by atoms with Gasteiger partial charge < -0.3 is 5.32 Å². The number of benzene rings is 1. The van der Waals surface area contributed by atoms with Crippen LogP contribution in [-0.4, -0.2) is 16.5 Å². The van der Waals surface area contributed by atoms with Crippen LogP contribution in [-0.2, 0) is 0 Å². The van der Waals surface area contributed by atoms with Crippen molar-refractivity contribution in [3.05, 3.63) is 36.2 Å². The second kappa shape index (κ2) is 5.42. The van der Waals surface area contributed by atoms with E-state index in [9.17, 15) is 0 Å². The summed E-state index contributed by atoms with van der Waals surface area (Å²) in [4.78, 5) is 8.99. The van der Waals surface area contributed by atoms with Gasteiger partial charge in [0, 0.05) is 6.42 Å². The summed E-state index contributed by atoms with van der Waals surface area (Å²) in [7, 11) is 0. The summed E-state index contributed by atoms with van der Waals surface area (Å²) in [5.41, 5.74) is 2.72. The highest BCUT2D eigenvalue weighted by Gasteiger charge is 2.11. The van der Waals surface area contributed by atoms with Gasteiger partial charge in [-0.25, -0.2) is 4.98 Å². The van der Waals surface area contributed by atoms with Crippen LogP contribution in [0.3, 0.4) is 0 Å². The average molecular weight is 225 g/mol. The maximum atomic E-state index is 5.37. The Morgan fingerprint density at radius 2 is 2.12 bits per heavy atom. The normalized spacial score (nSPS) is 12.2. The molecule has 0 aliphatic heterocycles. The number of fused-ring (bicyclic) bond motifs is 1. The van der Waals surface area contributed by atoms with E-state index in [-0.39, 0.29) is 6.04 Å². The van der Waals surface area contributed by atoms with Gasteiger partial charge in [0.2, 0.25) is 0 Å². The molecule has 0 saturated heterocycles. The molecule has 3 heteroatoms. The molecule has 17 heavy (non-hydrogen) atoms. The fourth-order valence-electron chi connectivity index (χ4n) is 1.78. The summed E-state index contributed by atoms with van der Waals surface area (Å²) in [5.74, 6) is 2.67. The predicted molar refractivity (Wildman–Crippen MR) is 69.4 cm³/mol. The van der Waals surface area contributed by atoms with Crippen LogP contribution in [0.4, 0.5) is 0 Å². The molecule has 0 aliphatic rings. The number of aromatic nitrogens is 2. The van der Waals surface area contributed by atoms with Gasteiger partial charge in [-0.05, 0) is 18.7 Å². The molecule has 0 radical (unpaired) electrons. The zero-order valence-electron chi connectivity index (χ0n) is 9.85. The van der Waals surface area contributed by atoms with Crippen LogP contribution in [0.15, 0.2) is 30.5 Å². The van der Waals surface area contributed by atoms with E-state index in [0.29, 0.717) is 6.42 Å². The molecule has 1 N–H and O–H groups in total. The van der Waals surface area contributed by atoms with Crippen molar-refractivity contribution >= 4 is 11.0 Å². The summed E-state index contributed by atoms with van der Waals surface area (Å²) < 4.78 is 0. The second-order valence-electron chi connectivity index (χ2n) is 3.80. The van der Waals surface area contributed by atoms with Crippen LogP contribution in [0.5, 0.6) is 0 Å². The van der Waals surface area contributed by atoms with Crippen molar-refractivity contribution < 1.29 is 0 Å². The quantitative estimate of drug-likeness (QED) is 0.811. The standard InChI is InChI=1S/C14H15N3/c1-3-7-11(15-4-2)14-10-16-12-8-5-6-9-13(12)17-14/h1,5-6,8-11,15H,4,7H2,2H3. The Balaban J connectivity index is 2.37. The Bertz CT molecular complexity index is 542. The Hall–Kier alpha value is -1.92. The molecule has 86 valence electrons. The SMILES string of the molecule is C#CCC(NCC)c1cnc2ccccc2n1. The molecule has 1 atom stereocenters. The molecular formula is C14H15N3. The van der Waals surface area contributed by atoms with Crippen molar-refractivity contribution in [2.45, 2.75) is 19.4 Å². The first-order valence-corrected chi connectivity index (χ1v) is 5.73. The van der Waals surface area contributed by atoms with Crippen LogP contribution < -0.4 is 5.32 Å². The third kappa shape index (κ3) is 2.61. The predicted octanol–water partition coefficient (Wildman–Crippen LogP) is 2.30. The third-order valence-electron chi connectivity index (χ3n) is 2.60. The maximum Gasteiger partial charge on any atom is 0.0890 e. The summed E-state index contributed by atoms with van der Waals surface area (Å²) in [6, 6.07) is 7.92. The summed E-state index contributed by atoms with van der Waals surface area (Å²) in [6.07, 6.45) is 7.80. The number of hydrogen-bond donors (Lipinski definition) is 1. The average Bonchev–Trinajstić information content (AvgIpc) is 2.38. The Kier molecular flexibility index (Phi) is 3.69. The largest absolute Gasteiger partial charge is 0.308 e. The van der Waals surface area contributed by atoms with Gasteiger partial charge in [-0.2, -0.15) is 0 Å². The molecule has 3 nitrogen and oxygen atoms in total. The van der Waals surface area contributed by atoms with Gasteiger partial charge in [0.25, 0.3) is 0 Å². The van der Waals surface area contributed by atoms with E-state index in [1.165, 1.54) is 0 Å². The number of terminal acetylenes is 1. The van der Waals surface area contributed by atoms with Gasteiger partial charge >= 0.3 is 0 Å². The minimum absolute atomic E-state index is 0.0853. The van der Waals surface area contributed by atoms with E-state index in [1.807, 2.05) is 24.3 Å². The first-order valence-electron chi connectivity index (χ1n) is 5.73. The lowest BCUT2D eigenvalue weighted by molar-refractivity contribution is 0.551. The number of hydrogen-bond acceptors (Lipinski definition) is 3. The molecule has 1 aromatic carbocycles. The van der Waals surface area contributed by atoms with Gasteiger partial charge in [-0.15, -0.1) is 12.3 Å². The van der Waals surface area contributed by atoms with E-state index in [0.717, 1.165) is 23.3 Å². The van der Waals surface area contributed by atoms with E-state index >= 15 is 0 Å². The van der Waals surface area contributed by atoms with E-state index in [2.05, 4.69) is 28.1 Å². The lowest BCUT2D eigenvalue weighted by Gasteiger charge is -2.14. The van der Waals surface area contributed by atoms with Crippen molar-refractivity contribution in [3.8, 4) is 12.3 Å². The monoisotopic (exact) mass is 225 g/mol. The van der Waals surface area contributed by atoms with Gasteiger partial charge in [0.15, 0.2) is 0 Å². The highest BCUT2D eigenvalue weighted by Crippen LogP contribution is 2.16. The molecule has 0 amide bonds. The van der Waals surface area contributed by atoms with Crippen molar-refractivity contribution in [1.29, 1.82) is 0 Å². The summed E-state index contributed by atoms with van der Waals surface area (Å²) >= 11 is 0. The van der Waals surface area contributed by atoms with E-state index < -0.39 is 0 Å². The lowest BCUT2D eigenvalue weighted by atomic mass is 10.1. The molecule has 1 aromatic heterocycles. The molecule has 0 bridgehead atoms. The number of nitrogens with zero attached hydrogens (tertiary/aromatic N) is 2. The zero-order valence-corrected chi connectivity index (χ0v) is 9.85. The third-order valence-corrected chi connectivity index (χ3v) is 2.60. The van der Waals surface area contributed by atoms with Crippen LogP contribution in [0.2, 0.25) is 0 Å². The lowest BCUT2D eigenvalue weighted by Crippen LogP contribution is -2.21. The maximum absolute atomic E-state index is 5.37. The van der Waals surface area contributed by atoms with Crippen molar-refractivity contribution in [2.75, 3.05) is 6.54 Å². The minimum Gasteiger partial charge on any atom is -0.308 e. The van der Waals surface area contributed by atoms with Gasteiger partial charge in [-0.1, -0.05) is 19.1 Å². The van der Waals surface area contributed by atoms with Crippen LogP contribution in [0.25, 0.3) is 11.0 Å². The van der Waals surface area contributed by atoms with E-state index in [1.54, 1.807) is 6.20 Å². The topological polar surface area (TPSA) is 37.8 Å². The first kappa shape index (κ1) is 11.6. The number of nitrogens with one attached hydrogen (secondary N) is 1. The van der Waals surface area contributed by atoms with Gasteiger partial charge in [0.1, 0.15) is 0 Å². The molecular weight excluding hydrogens is 210 g/mol. The van der Waals surface area contributed by atoms with Crippen molar-refractivity contribution in [1.82, 2.24) is 15.3 Å². The van der Waals surface area contributed by atoms with Crippen molar-refractivity contribution in [2.24, 2.45) is 0 Å². The summed E-state index contributed by atoms with van der Waals surface area (Å²) in [5, 5.41) is 3.32. The van der Waals surface area contributed by atoms with Gasteiger partial charge in [-0.3, -0.25) is 4.98 Å². The molecule has 0 fully saturated rings. The highest BCUT2D eigenvalue weighted by molar-refractivity contribution is 5.73. The molecule has 0 saturated carbocycles. The van der Waals surface area contributed by atoms with Crippen LogP contribution in [0.1, 0.15) is 25.1 Å². The molecule has 2 aromatic rings. The van der Waals surface area contributed by atoms with Gasteiger partial charge in [0.05, 0.1) is 29.0 Å². The first-order chi connectivity index (χ1) is 8.35. The molecule has 0 aliphatic carbocycles. The zero-order chi connectivity index (χ0) is 12.1. The molecule has 1 unspecified atom stereocenters. The van der Waals surface area contributed by atoms with Crippen LogP contribution in [0, 0.1) is 12.3 Å². The second-order valence-corrected chi connectivity index (χ2v) is 3.80. The minimum atomic E-state index is 0.0853. The Morgan fingerprint density at radius 1 is 1.35 bits per heavy atom. The number of para-hydroxylation sites is 2. The Morgan fingerprint density at radius 3 is 2.82 bits per heavy atom. The fraction of sp³-hybridized carbons (Fsp3) is 0.286. The smallest absolute Gasteiger partial charge is 0.0890 e. The molecule has 0 spiro atoms. The number of rotatable bonds is 4. The van der Waals surface area contributed by atoms with E-state index in [4.69, 9.17) is 6.42 Å². The highest BCUT2D eigenvalue weighted by atomic mass is 14.9. The molecule has 1 heterocycles. The molecule has 2 rings (SSSR count). The fourth-order valence-corrected chi connectivity index (χ4v) is 1.78. The summed E-state index contributed by atoms with van der Waals surface area (Å²) in [6.45, 7) is 2.92. The van der Waals surface area contributed by atoms with Crippen LogP contribution >= 0.6 is 0 Å². The Labute approximate surface area is 101 Å².